The SMILES string of the molecule is N#Cc1cc([C@@H](N)CF)ccc1F. The third-order valence-electron chi connectivity index (χ3n) is 1.71. The van der Waals surface area contributed by atoms with Crippen LogP contribution >= 0.6 is 0 Å². The Morgan fingerprint density at radius 3 is 2.77 bits per heavy atom. The first-order valence-corrected chi connectivity index (χ1v) is 3.70. The van der Waals surface area contributed by atoms with Crippen LogP contribution in [0.3, 0.4) is 0 Å². The molecule has 0 heterocycles. The summed E-state index contributed by atoms with van der Waals surface area (Å²) in [6.45, 7) is -0.726. The Morgan fingerprint density at radius 2 is 2.23 bits per heavy atom. The molecule has 0 radical (unpaired) electrons. The first kappa shape index (κ1) is 9.62. The lowest BCUT2D eigenvalue weighted by Crippen LogP contribution is -2.12. The molecule has 0 aromatic heterocycles. The number of rotatable bonds is 2. The van der Waals surface area contributed by atoms with Gasteiger partial charge in [-0.05, 0) is 17.7 Å². The van der Waals surface area contributed by atoms with E-state index in [1.54, 1.807) is 6.07 Å². The van der Waals surface area contributed by atoms with Crippen molar-refractivity contribution in [1.29, 1.82) is 5.26 Å². The molecule has 0 bridgehead atoms. The summed E-state index contributed by atoms with van der Waals surface area (Å²) < 4.78 is 24.9. The minimum absolute atomic E-state index is 0.110. The third-order valence-corrected chi connectivity index (χ3v) is 1.71. The van der Waals surface area contributed by atoms with Gasteiger partial charge in [0.2, 0.25) is 0 Å². The van der Waals surface area contributed by atoms with E-state index < -0.39 is 18.5 Å². The van der Waals surface area contributed by atoms with Crippen molar-refractivity contribution in [2.24, 2.45) is 5.73 Å². The molecule has 0 amide bonds. The Balaban J connectivity index is 3.08. The Bertz CT molecular complexity index is 344. The molecule has 1 aromatic carbocycles. The number of halogens is 2. The van der Waals surface area contributed by atoms with Crippen molar-refractivity contribution in [3.8, 4) is 6.07 Å². The summed E-state index contributed by atoms with van der Waals surface area (Å²) in [5.41, 5.74) is 5.68. The first-order chi connectivity index (χ1) is 6.19. The maximum atomic E-state index is 12.8. The van der Waals surface area contributed by atoms with Crippen LogP contribution in [0.4, 0.5) is 8.78 Å². The zero-order valence-electron chi connectivity index (χ0n) is 6.80. The fourth-order valence-electron chi connectivity index (χ4n) is 0.948. The Labute approximate surface area is 74.6 Å². The number of nitriles is 1. The summed E-state index contributed by atoms with van der Waals surface area (Å²) in [7, 11) is 0. The lowest BCUT2D eigenvalue weighted by molar-refractivity contribution is 0.437. The number of alkyl halides is 1. The van der Waals surface area contributed by atoms with Gasteiger partial charge in [-0.25, -0.2) is 8.78 Å². The van der Waals surface area contributed by atoms with Crippen LogP contribution in [0.5, 0.6) is 0 Å². The monoisotopic (exact) mass is 182 g/mol. The van der Waals surface area contributed by atoms with Crippen LogP contribution in [-0.4, -0.2) is 6.67 Å². The minimum atomic E-state index is -0.785. The molecule has 0 spiro atoms. The lowest BCUT2D eigenvalue weighted by atomic mass is 10.1. The second-order valence-corrected chi connectivity index (χ2v) is 2.61. The van der Waals surface area contributed by atoms with Gasteiger partial charge in [0.05, 0.1) is 11.6 Å². The van der Waals surface area contributed by atoms with Crippen molar-refractivity contribution >= 4 is 0 Å². The summed E-state index contributed by atoms with van der Waals surface area (Å²) in [6, 6.07) is 4.63. The molecule has 1 aromatic rings. The summed E-state index contributed by atoms with van der Waals surface area (Å²) in [5.74, 6) is -0.614. The molecule has 0 unspecified atom stereocenters. The Morgan fingerprint density at radius 1 is 1.54 bits per heavy atom. The zero-order chi connectivity index (χ0) is 9.84. The van der Waals surface area contributed by atoms with Gasteiger partial charge in [-0.15, -0.1) is 0 Å². The predicted molar refractivity (Wildman–Crippen MR) is 44.0 cm³/mol. The highest BCUT2D eigenvalue weighted by molar-refractivity contribution is 5.35. The molecule has 0 aliphatic carbocycles. The average Bonchev–Trinajstić information content (AvgIpc) is 2.17. The van der Waals surface area contributed by atoms with Gasteiger partial charge in [-0.1, -0.05) is 6.07 Å². The van der Waals surface area contributed by atoms with Crippen LogP contribution in [0.2, 0.25) is 0 Å². The van der Waals surface area contributed by atoms with E-state index in [0.717, 1.165) is 6.07 Å². The van der Waals surface area contributed by atoms with Gasteiger partial charge in [0, 0.05) is 0 Å². The molecule has 13 heavy (non-hydrogen) atoms. The third kappa shape index (κ3) is 2.01. The number of nitrogens with two attached hydrogens (primary N) is 1. The molecule has 0 aliphatic heterocycles. The Kier molecular flexibility index (Phi) is 2.93. The van der Waals surface area contributed by atoms with E-state index in [1.165, 1.54) is 12.1 Å². The fraction of sp³-hybridized carbons (Fsp3) is 0.222. The van der Waals surface area contributed by atoms with Crippen LogP contribution in [0, 0.1) is 17.1 Å². The summed E-state index contributed by atoms with van der Waals surface area (Å²) in [4.78, 5) is 0. The molecule has 2 N–H and O–H groups in total. The first-order valence-electron chi connectivity index (χ1n) is 3.70. The van der Waals surface area contributed by atoms with E-state index in [2.05, 4.69) is 0 Å². The summed E-state index contributed by atoms with van der Waals surface area (Å²) in [6.07, 6.45) is 0. The van der Waals surface area contributed by atoms with Gasteiger partial charge in [-0.2, -0.15) is 5.26 Å². The van der Waals surface area contributed by atoms with E-state index in [1.807, 2.05) is 0 Å². The molecule has 68 valence electrons. The molecule has 4 heteroatoms. The van der Waals surface area contributed by atoms with Gasteiger partial charge in [0.25, 0.3) is 0 Å². The second-order valence-electron chi connectivity index (χ2n) is 2.61. The van der Waals surface area contributed by atoms with Gasteiger partial charge >= 0.3 is 0 Å². The van der Waals surface area contributed by atoms with Gasteiger partial charge in [0.1, 0.15) is 18.6 Å². The zero-order valence-corrected chi connectivity index (χ0v) is 6.80. The van der Waals surface area contributed by atoms with Gasteiger partial charge in [-0.3, -0.25) is 0 Å². The molecule has 0 saturated carbocycles. The standard InChI is InChI=1S/C9H8F2N2/c10-4-9(13)6-1-2-8(11)7(3-6)5-12/h1-3,9H,4,13H2/t9-/m0/s1. The predicted octanol–water partition coefficient (Wildman–Crippen LogP) is 1.67. The smallest absolute Gasteiger partial charge is 0.140 e. The topological polar surface area (TPSA) is 49.8 Å². The molecule has 0 aliphatic rings. The maximum Gasteiger partial charge on any atom is 0.140 e. The van der Waals surface area contributed by atoms with Crippen molar-refractivity contribution in [2.75, 3.05) is 6.67 Å². The largest absolute Gasteiger partial charge is 0.322 e. The van der Waals surface area contributed by atoms with Crippen LogP contribution in [0.25, 0.3) is 0 Å². The molecule has 1 rings (SSSR count). The number of hydrogen-bond acceptors (Lipinski definition) is 2. The maximum absolute atomic E-state index is 12.8. The van der Waals surface area contributed by atoms with E-state index >= 15 is 0 Å². The molecular weight excluding hydrogens is 174 g/mol. The van der Waals surface area contributed by atoms with Crippen molar-refractivity contribution < 1.29 is 8.78 Å². The highest BCUT2D eigenvalue weighted by Crippen LogP contribution is 2.15. The highest BCUT2D eigenvalue weighted by Gasteiger charge is 2.08. The highest BCUT2D eigenvalue weighted by atomic mass is 19.1. The van der Waals surface area contributed by atoms with Crippen molar-refractivity contribution in [1.82, 2.24) is 0 Å². The normalized spacial score (nSPS) is 12.2. The summed E-state index contributed by atoms with van der Waals surface area (Å²) in [5, 5.41) is 8.47. The molecule has 1 atom stereocenters. The van der Waals surface area contributed by atoms with Gasteiger partial charge in [0.15, 0.2) is 0 Å². The minimum Gasteiger partial charge on any atom is -0.322 e. The van der Waals surface area contributed by atoms with Crippen molar-refractivity contribution in [3.63, 3.8) is 0 Å². The summed E-state index contributed by atoms with van der Waals surface area (Å²) >= 11 is 0. The molecule has 2 nitrogen and oxygen atoms in total. The number of nitrogens with zero attached hydrogens (tertiary/aromatic N) is 1. The van der Waals surface area contributed by atoms with E-state index in [4.69, 9.17) is 11.0 Å². The van der Waals surface area contributed by atoms with Gasteiger partial charge < -0.3 is 5.73 Å². The number of benzene rings is 1. The molecule has 0 saturated heterocycles. The fourth-order valence-corrected chi connectivity index (χ4v) is 0.948. The van der Waals surface area contributed by atoms with Crippen molar-refractivity contribution in [2.45, 2.75) is 6.04 Å². The van der Waals surface area contributed by atoms with Crippen LogP contribution in [-0.2, 0) is 0 Å². The second kappa shape index (κ2) is 3.97. The van der Waals surface area contributed by atoms with Crippen LogP contribution in [0.15, 0.2) is 18.2 Å². The Hall–Kier alpha value is -1.47. The quantitative estimate of drug-likeness (QED) is 0.756. The van der Waals surface area contributed by atoms with Crippen molar-refractivity contribution in [3.05, 3.63) is 35.1 Å². The molecular formula is C9H8F2N2. The molecule has 0 fully saturated rings. The average molecular weight is 182 g/mol. The van der Waals surface area contributed by atoms with E-state index in [9.17, 15) is 8.78 Å². The van der Waals surface area contributed by atoms with Crippen LogP contribution in [0.1, 0.15) is 17.2 Å². The lowest BCUT2D eigenvalue weighted by Gasteiger charge is -2.07. The van der Waals surface area contributed by atoms with E-state index in [-0.39, 0.29) is 5.56 Å². The van der Waals surface area contributed by atoms with E-state index in [0.29, 0.717) is 5.56 Å². The van der Waals surface area contributed by atoms with Crippen LogP contribution < -0.4 is 5.73 Å². The number of hydrogen-bond donors (Lipinski definition) is 1.